The molecule has 1 atom stereocenters. The molecule has 27 heavy (non-hydrogen) atoms. The standard InChI is InChI=1S/C19H19ClN2O4S/c1-10-18(27-11(2)21-10)16(24)14-15(12-4-6-13(20)7-5-12)22(8-3-9-23)19(26)17(14)25/h4-7,15,23,25H,3,8-9H2,1-2H3. The van der Waals surface area contributed by atoms with Gasteiger partial charge in [0.05, 0.1) is 27.2 Å². The van der Waals surface area contributed by atoms with Crippen molar-refractivity contribution in [2.75, 3.05) is 13.2 Å². The Labute approximate surface area is 165 Å². The van der Waals surface area contributed by atoms with Crippen molar-refractivity contribution < 1.29 is 19.8 Å². The van der Waals surface area contributed by atoms with E-state index in [9.17, 15) is 14.7 Å². The molecule has 0 spiro atoms. The molecule has 2 heterocycles. The van der Waals surface area contributed by atoms with Crippen LogP contribution in [0.1, 0.15) is 38.4 Å². The number of aliphatic hydroxyl groups is 2. The molecule has 1 aromatic carbocycles. The summed E-state index contributed by atoms with van der Waals surface area (Å²) in [6, 6.07) is 6.05. The quantitative estimate of drug-likeness (QED) is 0.717. The number of aliphatic hydroxyl groups excluding tert-OH is 2. The van der Waals surface area contributed by atoms with Crippen molar-refractivity contribution in [2.24, 2.45) is 0 Å². The molecular weight excluding hydrogens is 388 g/mol. The molecule has 142 valence electrons. The number of rotatable bonds is 6. The average Bonchev–Trinajstić information content (AvgIpc) is 3.10. The summed E-state index contributed by atoms with van der Waals surface area (Å²) in [6.45, 7) is 3.64. The number of amides is 1. The highest BCUT2D eigenvalue weighted by atomic mass is 35.5. The summed E-state index contributed by atoms with van der Waals surface area (Å²) in [4.78, 5) is 31.9. The molecule has 2 aromatic rings. The number of Topliss-reactive ketones (excluding diaryl/α,β-unsaturated/α-hetero) is 1. The average molecular weight is 407 g/mol. The van der Waals surface area contributed by atoms with E-state index in [1.54, 1.807) is 38.1 Å². The number of aryl methyl sites for hydroxylation is 2. The molecule has 0 bridgehead atoms. The maximum absolute atomic E-state index is 13.2. The number of carbonyl (C=O) groups is 2. The minimum absolute atomic E-state index is 0.0343. The van der Waals surface area contributed by atoms with Crippen LogP contribution in [0.2, 0.25) is 5.02 Å². The molecule has 1 amide bonds. The minimum atomic E-state index is -0.740. The number of ketones is 1. The molecule has 0 aliphatic carbocycles. The Morgan fingerprint density at radius 3 is 2.52 bits per heavy atom. The van der Waals surface area contributed by atoms with E-state index >= 15 is 0 Å². The summed E-state index contributed by atoms with van der Waals surface area (Å²) >= 11 is 7.20. The van der Waals surface area contributed by atoms with E-state index in [0.29, 0.717) is 27.6 Å². The lowest BCUT2D eigenvalue weighted by Gasteiger charge is -2.26. The fraction of sp³-hybridized carbons (Fsp3) is 0.316. The highest BCUT2D eigenvalue weighted by Crippen LogP contribution is 2.40. The second-order valence-corrected chi connectivity index (χ2v) is 7.91. The third-order valence-electron chi connectivity index (χ3n) is 4.40. The molecule has 0 saturated heterocycles. The molecule has 0 saturated carbocycles. The molecule has 0 fully saturated rings. The van der Waals surface area contributed by atoms with Gasteiger partial charge in [-0.1, -0.05) is 23.7 Å². The van der Waals surface area contributed by atoms with Crippen LogP contribution < -0.4 is 0 Å². The number of thiazole rings is 1. The van der Waals surface area contributed by atoms with Crippen LogP contribution in [0.15, 0.2) is 35.6 Å². The number of halogens is 1. The Balaban J connectivity index is 2.10. The van der Waals surface area contributed by atoms with Crippen molar-refractivity contribution in [1.82, 2.24) is 9.88 Å². The summed E-state index contributed by atoms with van der Waals surface area (Å²) in [6.07, 6.45) is 0.337. The highest BCUT2D eigenvalue weighted by Gasteiger charge is 2.44. The van der Waals surface area contributed by atoms with E-state index in [1.165, 1.54) is 16.2 Å². The van der Waals surface area contributed by atoms with Crippen LogP contribution in [0.5, 0.6) is 0 Å². The number of benzene rings is 1. The van der Waals surface area contributed by atoms with Crippen LogP contribution in [-0.4, -0.2) is 44.9 Å². The number of nitrogens with zero attached hydrogens (tertiary/aromatic N) is 2. The molecule has 1 unspecified atom stereocenters. The number of hydrogen-bond donors (Lipinski definition) is 2. The van der Waals surface area contributed by atoms with Crippen molar-refractivity contribution in [3.8, 4) is 0 Å². The van der Waals surface area contributed by atoms with E-state index in [0.717, 1.165) is 5.01 Å². The second kappa shape index (κ2) is 7.80. The van der Waals surface area contributed by atoms with Gasteiger partial charge in [0.1, 0.15) is 0 Å². The van der Waals surface area contributed by atoms with Gasteiger partial charge >= 0.3 is 0 Å². The third-order valence-corrected chi connectivity index (χ3v) is 5.72. The molecule has 1 aromatic heterocycles. The topological polar surface area (TPSA) is 90.7 Å². The molecule has 2 N–H and O–H groups in total. The molecule has 1 aliphatic heterocycles. The van der Waals surface area contributed by atoms with Crippen LogP contribution in [0.3, 0.4) is 0 Å². The van der Waals surface area contributed by atoms with Gasteiger partial charge in [0.15, 0.2) is 5.76 Å². The van der Waals surface area contributed by atoms with Crippen molar-refractivity contribution in [3.63, 3.8) is 0 Å². The number of aromatic nitrogens is 1. The van der Waals surface area contributed by atoms with Gasteiger partial charge in [-0.2, -0.15) is 0 Å². The van der Waals surface area contributed by atoms with Crippen molar-refractivity contribution in [3.05, 3.63) is 61.8 Å². The smallest absolute Gasteiger partial charge is 0.290 e. The monoisotopic (exact) mass is 406 g/mol. The normalized spacial score (nSPS) is 17.1. The first kappa shape index (κ1) is 19.5. The predicted octanol–water partition coefficient (Wildman–Crippen LogP) is 3.37. The Morgan fingerprint density at radius 1 is 1.30 bits per heavy atom. The first-order chi connectivity index (χ1) is 12.8. The van der Waals surface area contributed by atoms with E-state index in [1.807, 2.05) is 0 Å². The van der Waals surface area contributed by atoms with Crippen LogP contribution >= 0.6 is 22.9 Å². The summed E-state index contributed by atoms with van der Waals surface area (Å²) in [5, 5.41) is 20.9. The Morgan fingerprint density at radius 2 is 1.96 bits per heavy atom. The summed E-state index contributed by atoms with van der Waals surface area (Å²) in [5.74, 6) is -1.58. The van der Waals surface area contributed by atoms with E-state index in [2.05, 4.69) is 4.98 Å². The second-order valence-electron chi connectivity index (χ2n) is 6.27. The highest BCUT2D eigenvalue weighted by molar-refractivity contribution is 7.14. The molecular formula is C19H19ClN2O4S. The summed E-state index contributed by atoms with van der Waals surface area (Å²) < 4.78 is 0. The van der Waals surface area contributed by atoms with Crippen LogP contribution in [0, 0.1) is 13.8 Å². The molecule has 0 radical (unpaired) electrons. The largest absolute Gasteiger partial charge is 0.503 e. The summed E-state index contributed by atoms with van der Waals surface area (Å²) in [5.41, 5.74) is 1.27. The van der Waals surface area contributed by atoms with Crippen molar-refractivity contribution in [1.29, 1.82) is 0 Å². The number of carbonyl (C=O) groups excluding carboxylic acids is 2. The van der Waals surface area contributed by atoms with Gasteiger partial charge in [-0.05, 0) is 38.0 Å². The third kappa shape index (κ3) is 3.63. The van der Waals surface area contributed by atoms with Gasteiger partial charge < -0.3 is 15.1 Å². The zero-order valence-corrected chi connectivity index (χ0v) is 16.5. The first-order valence-electron chi connectivity index (χ1n) is 8.44. The Hall–Kier alpha value is -2.22. The van der Waals surface area contributed by atoms with Gasteiger partial charge in [-0.3, -0.25) is 9.59 Å². The molecule has 3 rings (SSSR count). The van der Waals surface area contributed by atoms with Crippen LogP contribution in [0.4, 0.5) is 0 Å². The number of hydrogen-bond acceptors (Lipinski definition) is 6. The van der Waals surface area contributed by atoms with Crippen molar-refractivity contribution >= 4 is 34.6 Å². The van der Waals surface area contributed by atoms with Gasteiger partial charge in [0, 0.05) is 18.2 Å². The summed E-state index contributed by atoms with van der Waals surface area (Å²) in [7, 11) is 0. The lowest BCUT2D eigenvalue weighted by Crippen LogP contribution is -2.32. The van der Waals surface area contributed by atoms with Gasteiger partial charge in [0.2, 0.25) is 5.78 Å². The van der Waals surface area contributed by atoms with Crippen LogP contribution in [-0.2, 0) is 4.79 Å². The van der Waals surface area contributed by atoms with Crippen molar-refractivity contribution in [2.45, 2.75) is 26.3 Å². The minimum Gasteiger partial charge on any atom is -0.503 e. The maximum Gasteiger partial charge on any atom is 0.290 e. The fourth-order valence-corrected chi connectivity index (χ4v) is 4.21. The van der Waals surface area contributed by atoms with E-state index in [4.69, 9.17) is 16.7 Å². The fourth-order valence-electron chi connectivity index (χ4n) is 3.21. The zero-order chi connectivity index (χ0) is 19.7. The zero-order valence-electron chi connectivity index (χ0n) is 14.9. The van der Waals surface area contributed by atoms with Gasteiger partial charge in [-0.15, -0.1) is 11.3 Å². The van der Waals surface area contributed by atoms with Gasteiger partial charge in [0.25, 0.3) is 5.91 Å². The molecule has 6 nitrogen and oxygen atoms in total. The lowest BCUT2D eigenvalue weighted by molar-refractivity contribution is -0.129. The van der Waals surface area contributed by atoms with E-state index in [-0.39, 0.29) is 18.7 Å². The van der Waals surface area contributed by atoms with E-state index < -0.39 is 23.5 Å². The van der Waals surface area contributed by atoms with Gasteiger partial charge in [-0.25, -0.2) is 4.98 Å². The maximum atomic E-state index is 13.2. The SMILES string of the molecule is Cc1nc(C)c(C(=O)C2=C(O)C(=O)N(CCCO)C2c2ccc(Cl)cc2)s1. The lowest BCUT2D eigenvalue weighted by atomic mass is 9.95. The predicted molar refractivity (Wildman–Crippen MR) is 103 cm³/mol. The molecule has 1 aliphatic rings. The Bertz CT molecular complexity index is 920. The van der Waals surface area contributed by atoms with Crippen LogP contribution in [0.25, 0.3) is 0 Å². The Kier molecular flexibility index (Phi) is 5.64. The first-order valence-corrected chi connectivity index (χ1v) is 9.63. The molecule has 8 heteroatoms.